The molecule has 2 aromatic carbocycles. The average Bonchev–Trinajstić information content (AvgIpc) is 2.98. The number of nitrogens with two attached hydrogens (primary N) is 1. The van der Waals surface area contributed by atoms with Crippen LogP contribution in [0.4, 0.5) is 17.3 Å². The molecule has 1 atom stereocenters. The van der Waals surface area contributed by atoms with Crippen molar-refractivity contribution in [2.24, 2.45) is 0 Å². The van der Waals surface area contributed by atoms with Gasteiger partial charge in [0.15, 0.2) is 0 Å². The molecule has 2 saturated heterocycles. The first-order chi connectivity index (χ1) is 19.1. The largest absolute Gasteiger partial charge is 0.494 e. The van der Waals surface area contributed by atoms with Gasteiger partial charge in [-0.1, -0.05) is 6.07 Å². The Balaban J connectivity index is 0.000000202. The number of nitrogen functional groups attached to an aromatic ring is 1. The molecule has 0 bridgehead atoms. The molecule has 39 heavy (non-hydrogen) atoms. The van der Waals surface area contributed by atoms with E-state index in [1.165, 1.54) is 0 Å². The van der Waals surface area contributed by atoms with Crippen LogP contribution in [0.3, 0.4) is 0 Å². The highest BCUT2D eigenvalue weighted by atomic mass is 32.2. The predicted octanol–water partition coefficient (Wildman–Crippen LogP) is 3.25. The molecule has 0 aliphatic carbocycles. The van der Waals surface area contributed by atoms with Crippen molar-refractivity contribution >= 4 is 28.3 Å². The molecule has 3 aromatic rings. The number of rotatable bonds is 9. The second kappa shape index (κ2) is 15.5. The number of nitrogens with one attached hydrogen (secondary N) is 1. The SMILES string of the molecule is Cc1cnc(Nc2ccc(OCCCN3CCOCC3)cc2)nc1.Nc1cccc(S(=O)N2CCOCC2)c1. The van der Waals surface area contributed by atoms with Crippen LogP contribution in [0.5, 0.6) is 5.75 Å². The lowest BCUT2D eigenvalue weighted by Crippen LogP contribution is -2.37. The van der Waals surface area contributed by atoms with E-state index >= 15 is 0 Å². The van der Waals surface area contributed by atoms with Crippen LogP contribution in [-0.4, -0.2) is 89.1 Å². The van der Waals surface area contributed by atoms with Crippen molar-refractivity contribution in [3.05, 3.63) is 66.5 Å². The van der Waals surface area contributed by atoms with Gasteiger partial charge >= 0.3 is 0 Å². The van der Waals surface area contributed by atoms with Crippen LogP contribution >= 0.6 is 0 Å². The van der Waals surface area contributed by atoms with E-state index in [-0.39, 0.29) is 0 Å². The first-order valence-corrected chi connectivity index (χ1v) is 14.4. The summed E-state index contributed by atoms with van der Waals surface area (Å²) in [6.07, 6.45) is 4.61. The quantitative estimate of drug-likeness (QED) is 0.304. The van der Waals surface area contributed by atoms with Crippen molar-refractivity contribution < 1.29 is 18.4 Å². The first kappa shape index (κ1) is 28.9. The Labute approximate surface area is 233 Å². The third-order valence-corrected chi connectivity index (χ3v) is 7.64. The van der Waals surface area contributed by atoms with E-state index < -0.39 is 11.0 Å². The van der Waals surface area contributed by atoms with Crippen molar-refractivity contribution in [2.75, 3.05) is 76.8 Å². The van der Waals surface area contributed by atoms with E-state index in [4.69, 9.17) is 19.9 Å². The van der Waals surface area contributed by atoms with Crippen molar-refractivity contribution in [3.8, 4) is 5.75 Å². The number of aryl methyl sites for hydroxylation is 1. The third-order valence-electron chi connectivity index (χ3n) is 6.15. The molecule has 0 radical (unpaired) electrons. The summed E-state index contributed by atoms with van der Waals surface area (Å²) in [5.74, 6) is 1.48. The van der Waals surface area contributed by atoms with Crippen LogP contribution in [0.15, 0.2) is 65.8 Å². The maximum absolute atomic E-state index is 12.1. The Bertz CT molecular complexity index is 1150. The van der Waals surface area contributed by atoms with E-state index in [0.29, 0.717) is 37.9 Å². The molecule has 0 amide bonds. The Morgan fingerprint density at radius 1 is 0.974 bits per heavy atom. The number of nitrogens with zero attached hydrogens (tertiary/aromatic N) is 4. The number of ether oxygens (including phenoxy) is 3. The summed E-state index contributed by atoms with van der Waals surface area (Å²) < 4.78 is 30.3. The Hall–Kier alpha value is -3.09. The maximum Gasteiger partial charge on any atom is 0.227 e. The molecule has 1 unspecified atom stereocenters. The van der Waals surface area contributed by atoms with Crippen LogP contribution in [0.1, 0.15) is 12.0 Å². The van der Waals surface area contributed by atoms with Gasteiger partial charge in [-0.25, -0.2) is 18.5 Å². The summed E-state index contributed by atoms with van der Waals surface area (Å²) in [5.41, 5.74) is 8.28. The maximum atomic E-state index is 12.1. The van der Waals surface area contributed by atoms with Crippen molar-refractivity contribution in [1.29, 1.82) is 0 Å². The van der Waals surface area contributed by atoms with Gasteiger partial charge in [0.25, 0.3) is 0 Å². The molecule has 1 aromatic heterocycles. The molecule has 2 fully saturated rings. The molecule has 3 heterocycles. The highest BCUT2D eigenvalue weighted by molar-refractivity contribution is 7.82. The predicted molar refractivity (Wildman–Crippen MR) is 154 cm³/mol. The van der Waals surface area contributed by atoms with Gasteiger partial charge in [-0.15, -0.1) is 0 Å². The third kappa shape index (κ3) is 9.86. The summed E-state index contributed by atoms with van der Waals surface area (Å²) in [7, 11) is -1.11. The van der Waals surface area contributed by atoms with Crippen LogP contribution in [0, 0.1) is 6.92 Å². The number of anilines is 3. The fourth-order valence-corrected chi connectivity index (χ4v) is 5.22. The average molecular weight is 555 g/mol. The molecule has 5 rings (SSSR count). The Morgan fingerprint density at radius 3 is 2.31 bits per heavy atom. The highest BCUT2D eigenvalue weighted by Crippen LogP contribution is 2.18. The number of morpholine rings is 2. The van der Waals surface area contributed by atoms with Gasteiger partial charge in [0.2, 0.25) is 5.95 Å². The zero-order chi connectivity index (χ0) is 27.3. The lowest BCUT2D eigenvalue weighted by molar-refractivity contribution is 0.0358. The molecular formula is C28H38N6O4S. The Kier molecular flexibility index (Phi) is 11.5. The van der Waals surface area contributed by atoms with Crippen LogP contribution in [0.2, 0.25) is 0 Å². The van der Waals surface area contributed by atoms with Gasteiger partial charge in [-0.05, 0) is 61.4 Å². The lowest BCUT2D eigenvalue weighted by Gasteiger charge is -2.26. The Morgan fingerprint density at radius 2 is 1.64 bits per heavy atom. The van der Waals surface area contributed by atoms with Gasteiger partial charge in [-0.3, -0.25) is 4.90 Å². The highest BCUT2D eigenvalue weighted by Gasteiger charge is 2.18. The summed E-state index contributed by atoms with van der Waals surface area (Å²) in [6.45, 7) is 10.2. The van der Waals surface area contributed by atoms with Gasteiger partial charge in [0, 0.05) is 56.5 Å². The second-order valence-electron chi connectivity index (χ2n) is 9.25. The molecule has 0 saturated carbocycles. The minimum Gasteiger partial charge on any atom is -0.494 e. The second-order valence-corrected chi connectivity index (χ2v) is 10.7. The van der Waals surface area contributed by atoms with E-state index in [1.807, 2.05) is 47.6 Å². The molecule has 2 aliphatic heterocycles. The standard InChI is InChI=1S/C18H24N4O2.C10H14N2O2S/c1-15-13-19-18(20-14-15)21-16-3-5-17(6-4-16)24-10-2-7-22-8-11-23-12-9-22;11-9-2-1-3-10(8-9)15(13)12-4-6-14-7-5-12/h3-6,13-14H,2,7-12H2,1H3,(H,19,20,21);1-3,8H,4-7,11H2. The summed E-state index contributed by atoms with van der Waals surface area (Å²) in [4.78, 5) is 11.6. The van der Waals surface area contributed by atoms with Crippen LogP contribution in [-0.2, 0) is 20.5 Å². The molecule has 210 valence electrons. The minimum absolute atomic E-state index is 0.597. The molecule has 11 heteroatoms. The molecule has 0 spiro atoms. The van der Waals surface area contributed by atoms with Crippen molar-refractivity contribution in [1.82, 2.24) is 19.2 Å². The smallest absolute Gasteiger partial charge is 0.227 e. The zero-order valence-electron chi connectivity index (χ0n) is 22.5. The monoisotopic (exact) mass is 554 g/mol. The number of hydrogen-bond acceptors (Lipinski definition) is 9. The van der Waals surface area contributed by atoms with E-state index in [9.17, 15) is 4.21 Å². The summed E-state index contributed by atoms with van der Waals surface area (Å²) in [5, 5.41) is 3.17. The molecule has 3 N–H and O–H groups in total. The zero-order valence-corrected chi connectivity index (χ0v) is 23.3. The normalized spacial score (nSPS) is 17.1. The van der Waals surface area contributed by atoms with E-state index in [1.54, 1.807) is 24.5 Å². The van der Waals surface area contributed by atoms with Crippen molar-refractivity contribution in [3.63, 3.8) is 0 Å². The van der Waals surface area contributed by atoms with E-state index in [2.05, 4.69) is 20.2 Å². The molecule has 2 aliphatic rings. The summed E-state index contributed by atoms with van der Waals surface area (Å²) in [6, 6.07) is 15.1. The molecule has 10 nitrogen and oxygen atoms in total. The van der Waals surface area contributed by atoms with Crippen LogP contribution in [0.25, 0.3) is 0 Å². The van der Waals surface area contributed by atoms with Crippen molar-refractivity contribution in [2.45, 2.75) is 18.2 Å². The molecular weight excluding hydrogens is 516 g/mol. The van der Waals surface area contributed by atoms with Gasteiger partial charge in [0.1, 0.15) is 16.7 Å². The lowest BCUT2D eigenvalue weighted by atomic mass is 10.3. The number of aromatic nitrogens is 2. The first-order valence-electron chi connectivity index (χ1n) is 13.3. The van der Waals surface area contributed by atoms with Crippen LogP contribution < -0.4 is 15.8 Å². The summed E-state index contributed by atoms with van der Waals surface area (Å²) >= 11 is 0. The fourth-order valence-electron chi connectivity index (χ4n) is 4.01. The number of hydrogen-bond donors (Lipinski definition) is 2. The van der Waals surface area contributed by atoms with Gasteiger partial charge < -0.3 is 25.3 Å². The number of benzene rings is 2. The fraction of sp³-hybridized carbons (Fsp3) is 0.429. The minimum atomic E-state index is -1.11. The topological polar surface area (TPSA) is 115 Å². The van der Waals surface area contributed by atoms with E-state index in [0.717, 1.165) is 67.8 Å². The van der Waals surface area contributed by atoms with Gasteiger partial charge in [-0.2, -0.15) is 0 Å². The van der Waals surface area contributed by atoms with Gasteiger partial charge in [0.05, 0.1) is 37.9 Å².